The van der Waals surface area contributed by atoms with E-state index in [4.69, 9.17) is 16.3 Å². The van der Waals surface area contributed by atoms with E-state index in [1.54, 1.807) is 0 Å². The molecule has 0 radical (unpaired) electrons. The second kappa shape index (κ2) is 7.03. The molecule has 1 fully saturated rings. The summed E-state index contributed by atoms with van der Waals surface area (Å²) in [5.41, 5.74) is 4.20. The van der Waals surface area contributed by atoms with Crippen molar-refractivity contribution in [3.63, 3.8) is 0 Å². The van der Waals surface area contributed by atoms with Gasteiger partial charge in [-0.1, -0.05) is 29.8 Å². The van der Waals surface area contributed by atoms with Crippen molar-refractivity contribution in [3.05, 3.63) is 59.2 Å². The lowest BCUT2D eigenvalue weighted by molar-refractivity contribution is 0.162. The Morgan fingerprint density at radius 3 is 2.72 bits per heavy atom. The lowest BCUT2D eigenvalue weighted by atomic mass is 9.98. The number of ether oxygens (including phenoxy) is 1. The fourth-order valence-electron chi connectivity index (χ4n) is 3.50. The van der Waals surface area contributed by atoms with Crippen LogP contribution in [0.2, 0.25) is 5.02 Å². The van der Waals surface area contributed by atoms with Crippen LogP contribution in [0.5, 0.6) is 5.75 Å². The lowest BCUT2D eigenvalue weighted by Gasteiger charge is -2.26. The van der Waals surface area contributed by atoms with E-state index in [-0.39, 0.29) is 6.10 Å². The van der Waals surface area contributed by atoms with Gasteiger partial charge in [-0.25, -0.2) is 0 Å². The maximum absolute atomic E-state index is 6.46. The third-order valence-electron chi connectivity index (χ3n) is 4.75. The van der Waals surface area contributed by atoms with Crippen molar-refractivity contribution in [3.8, 4) is 16.9 Å². The summed E-state index contributed by atoms with van der Waals surface area (Å²) in [5.74, 6) is 0.938. The molecule has 1 N–H and O–H groups in total. The van der Waals surface area contributed by atoms with Gasteiger partial charge in [0, 0.05) is 22.2 Å². The molecule has 128 valence electrons. The fourth-order valence-corrected chi connectivity index (χ4v) is 3.77. The van der Waals surface area contributed by atoms with Gasteiger partial charge in [-0.2, -0.15) is 0 Å². The summed E-state index contributed by atoms with van der Waals surface area (Å²) in [4.78, 5) is 4.48. The summed E-state index contributed by atoms with van der Waals surface area (Å²) in [6.07, 6.45) is 4.15. The van der Waals surface area contributed by atoms with E-state index < -0.39 is 0 Å². The molecule has 1 saturated heterocycles. The van der Waals surface area contributed by atoms with Crippen molar-refractivity contribution in [1.29, 1.82) is 0 Å². The zero-order chi connectivity index (χ0) is 17.2. The van der Waals surface area contributed by atoms with Gasteiger partial charge in [0.05, 0.1) is 5.52 Å². The van der Waals surface area contributed by atoms with Gasteiger partial charge in [-0.05, 0) is 68.2 Å². The van der Waals surface area contributed by atoms with Gasteiger partial charge < -0.3 is 10.1 Å². The highest BCUT2D eigenvalue weighted by Crippen LogP contribution is 2.39. The zero-order valence-corrected chi connectivity index (χ0v) is 15.0. The van der Waals surface area contributed by atoms with E-state index in [9.17, 15) is 0 Å². The summed E-state index contributed by atoms with van der Waals surface area (Å²) in [6.45, 7) is 4.07. The predicted octanol–water partition coefficient (Wildman–Crippen LogP) is 4.99. The minimum Gasteiger partial charge on any atom is -0.489 e. The molecule has 3 aromatic rings. The van der Waals surface area contributed by atoms with Crippen molar-refractivity contribution in [2.75, 3.05) is 13.1 Å². The summed E-state index contributed by atoms with van der Waals surface area (Å²) < 4.78 is 6.46. The second-order valence-corrected chi connectivity index (χ2v) is 6.98. The Morgan fingerprint density at radius 1 is 1.08 bits per heavy atom. The van der Waals surface area contributed by atoms with E-state index in [1.165, 1.54) is 0 Å². The van der Waals surface area contributed by atoms with Gasteiger partial charge >= 0.3 is 0 Å². The summed E-state index contributed by atoms with van der Waals surface area (Å²) in [6, 6.07) is 14.2. The summed E-state index contributed by atoms with van der Waals surface area (Å²) in [7, 11) is 0. The van der Waals surface area contributed by atoms with Crippen LogP contribution in [-0.2, 0) is 0 Å². The van der Waals surface area contributed by atoms with Gasteiger partial charge in [0.2, 0.25) is 0 Å². The zero-order valence-electron chi connectivity index (χ0n) is 14.3. The molecule has 0 spiro atoms. The average molecular weight is 353 g/mol. The van der Waals surface area contributed by atoms with E-state index in [0.29, 0.717) is 0 Å². The number of rotatable bonds is 3. The number of hydrogen-bond acceptors (Lipinski definition) is 3. The maximum Gasteiger partial charge on any atom is 0.130 e. The number of para-hydroxylation sites is 1. The highest BCUT2D eigenvalue weighted by molar-refractivity contribution is 6.31. The van der Waals surface area contributed by atoms with Crippen LogP contribution in [-0.4, -0.2) is 24.2 Å². The number of halogens is 1. The number of aryl methyl sites for hydroxylation is 1. The van der Waals surface area contributed by atoms with E-state index >= 15 is 0 Å². The first-order chi connectivity index (χ1) is 12.2. The molecule has 4 heteroatoms. The number of pyridine rings is 1. The van der Waals surface area contributed by atoms with Gasteiger partial charge in [-0.3, -0.25) is 4.98 Å². The minimum absolute atomic E-state index is 0.243. The number of piperidine rings is 1. The van der Waals surface area contributed by atoms with Crippen LogP contribution >= 0.6 is 11.6 Å². The lowest BCUT2D eigenvalue weighted by Crippen LogP contribution is -2.34. The Hall–Kier alpha value is -2.10. The number of nitrogens with one attached hydrogen (secondary N) is 1. The van der Waals surface area contributed by atoms with Crippen molar-refractivity contribution in [1.82, 2.24) is 10.3 Å². The first kappa shape index (κ1) is 16.4. The van der Waals surface area contributed by atoms with Crippen LogP contribution in [0, 0.1) is 6.92 Å². The Labute approximate surface area is 153 Å². The van der Waals surface area contributed by atoms with Gasteiger partial charge in [-0.15, -0.1) is 0 Å². The van der Waals surface area contributed by atoms with E-state index in [1.807, 2.05) is 42.6 Å². The molecule has 0 bridgehead atoms. The Morgan fingerprint density at radius 2 is 1.88 bits per heavy atom. The number of benzene rings is 2. The Balaban J connectivity index is 1.85. The summed E-state index contributed by atoms with van der Waals surface area (Å²) >= 11 is 6.38. The van der Waals surface area contributed by atoms with Gasteiger partial charge in [0.15, 0.2) is 0 Å². The molecule has 3 nitrogen and oxygen atoms in total. The molecule has 0 unspecified atom stereocenters. The molecule has 2 heterocycles. The third kappa shape index (κ3) is 3.35. The SMILES string of the molecule is Cc1cc(Cl)cc(-c2ccnc3ccccc23)c1OC1CCNCC1. The van der Waals surface area contributed by atoms with Crippen LogP contribution in [0.15, 0.2) is 48.7 Å². The molecule has 0 saturated carbocycles. The molecule has 0 amide bonds. The Kier molecular flexibility index (Phi) is 4.60. The molecular formula is C21H21ClN2O. The quantitative estimate of drug-likeness (QED) is 0.720. The van der Waals surface area contributed by atoms with Crippen LogP contribution in [0.25, 0.3) is 22.0 Å². The molecule has 1 aromatic heterocycles. The van der Waals surface area contributed by atoms with Gasteiger partial charge in [0.25, 0.3) is 0 Å². The molecule has 0 aliphatic carbocycles. The largest absolute Gasteiger partial charge is 0.489 e. The average Bonchev–Trinajstić information content (AvgIpc) is 2.64. The highest BCUT2D eigenvalue weighted by atomic mass is 35.5. The monoisotopic (exact) mass is 352 g/mol. The van der Waals surface area contributed by atoms with Crippen LogP contribution in [0.1, 0.15) is 18.4 Å². The van der Waals surface area contributed by atoms with E-state index in [2.05, 4.69) is 23.3 Å². The van der Waals surface area contributed by atoms with Crippen molar-refractivity contribution >= 4 is 22.5 Å². The third-order valence-corrected chi connectivity index (χ3v) is 4.97. The maximum atomic E-state index is 6.46. The second-order valence-electron chi connectivity index (χ2n) is 6.54. The number of hydrogen-bond donors (Lipinski definition) is 1. The van der Waals surface area contributed by atoms with Crippen molar-refractivity contribution < 1.29 is 4.74 Å². The molecule has 25 heavy (non-hydrogen) atoms. The minimum atomic E-state index is 0.243. The predicted molar refractivity (Wildman–Crippen MR) is 103 cm³/mol. The number of fused-ring (bicyclic) bond motifs is 1. The Bertz CT molecular complexity index is 898. The molecule has 1 aliphatic rings. The topological polar surface area (TPSA) is 34.1 Å². The molecule has 2 aromatic carbocycles. The van der Waals surface area contributed by atoms with E-state index in [0.717, 1.165) is 64.3 Å². The van der Waals surface area contributed by atoms with Crippen LogP contribution < -0.4 is 10.1 Å². The molecular weight excluding hydrogens is 332 g/mol. The van der Waals surface area contributed by atoms with Gasteiger partial charge in [0.1, 0.15) is 11.9 Å². The molecule has 0 atom stereocenters. The van der Waals surface area contributed by atoms with Crippen molar-refractivity contribution in [2.45, 2.75) is 25.9 Å². The number of aromatic nitrogens is 1. The highest BCUT2D eigenvalue weighted by Gasteiger charge is 2.20. The fraction of sp³-hybridized carbons (Fsp3) is 0.286. The first-order valence-corrected chi connectivity index (χ1v) is 9.12. The van der Waals surface area contributed by atoms with Crippen LogP contribution in [0.3, 0.4) is 0 Å². The summed E-state index contributed by atoms with van der Waals surface area (Å²) in [5, 5.41) is 5.23. The number of nitrogens with zero attached hydrogens (tertiary/aromatic N) is 1. The van der Waals surface area contributed by atoms with Crippen molar-refractivity contribution in [2.24, 2.45) is 0 Å². The normalized spacial score (nSPS) is 15.4. The standard InChI is InChI=1S/C21H21ClN2O/c1-14-12-15(22)13-19(21(14)25-16-6-9-23-10-7-16)17-8-11-24-20-5-3-2-4-18(17)20/h2-5,8,11-13,16,23H,6-7,9-10H2,1H3. The smallest absolute Gasteiger partial charge is 0.130 e. The first-order valence-electron chi connectivity index (χ1n) is 8.74. The van der Waals surface area contributed by atoms with Crippen LogP contribution in [0.4, 0.5) is 0 Å². The molecule has 1 aliphatic heterocycles. The molecule has 4 rings (SSSR count).